The van der Waals surface area contributed by atoms with Gasteiger partial charge in [0.15, 0.2) is 5.96 Å². The molecule has 5 nitrogen and oxygen atoms in total. The van der Waals surface area contributed by atoms with Gasteiger partial charge in [0.1, 0.15) is 0 Å². The standard InChI is InChI=1S/C20H26BrN5.HI/c1-22-20(24-12-9-18-4-2-3-11-23-18)25-14-16-10-13-26(15-16)19-7-5-17(21)6-8-19;/h2-8,11,16H,9-10,12-15H2,1H3,(H2,22,24,25);1H. The number of nitrogens with one attached hydrogen (secondary N) is 2. The summed E-state index contributed by atoms with van der Waals surface area (Å²) in [5.41, 5.74) is 2.39. The van der Waals surface area contributed by atoms with Crippen molar-refractivity contribution in [1.82, 2.24) is 15.6 Å². The Hall–Kier alpha value is -1.35. The summed E-state index contributed by atoms with van der Waals surface area (Å²) in [5, 5.41) is 6.83. The Morgan fingerprint density at radius 1 is 1.22 bits per heavy atom. The summed E-state index contributed by atoms with van der Waals surface area (Å²) in [7, 11) is 1.82. The number of benzene rings is 1. The molecule has 146 valence electrons. The molecule has 1 atom stereocenters. The van der Waals surface area contributed by atoms with Crippen LogP contribution in [0.4, 0.5) is 5.69 Å². The van der Waals surface area contributed by atoms with Crippen molar-refractivity contribution >= 4 is 51.6 Å². The minimum atomic E-state index is 0. The lowest BCUT2D eigenvalue weighted by Gasteiger charge is -2.19. The minimum Gasteiger partial charge on any atom is -0.371 e. The molecule has 0 radical (unpaired) electrons. The summed E-state index contributed by atoms with van der Waals surface area (Å²) < 4.78 is 1.12. The van der Waals surface area contributed by atoms with E-state index < -0.39 is 0 Å². The molecule has 1 aromatic carbocycles. The van der Waals surface area contributed by atoms with E-state index in [1.165, 1.54) is 12.1 Å². The number of pyridine rings is 1. The van der Waals surface area contributed by atoms with Gasteiger partial charge in [0.05, 0.1) is 0 Å². The molecule has 1 fully saturated rings. The Kier molecular flexibility index (Phi) is 9.33. The van der Waals surface area contributed by atoms with Crippen molar-refractivity contribution in [2.75, 3.05) is 38.1 Å². The monoisotopic (exact) mass is 543 g/mol. The van der Waals surface area contributed by atoms with Crippen LogP contribution in [0.2, 0.25) is 0 Å². The summed E-state index contributed by atoms with van der Waals surface area (Å²) in [4.78, 5) is 11.1. The van der Waals surface area contributed by atoms with Crippen molar-refractivity contribution in [3.63, 3.8) is 0 Å². The average Bonchev–Trinajstić information content (AvgIpc) is 3.15. The van der Waals surface area contributed by atoms with E-state index in [9.17, 15) is 0 Å². The number of halogens is 2. The van der Waals surface area contributed by atoms with Crippen LogP contribution >= 0.6 is 39.9 Å². The Morgan fingerprint density at radius 2 is 2.04 bits per heavy atom. The van der Waals surface area contributed by atoms with E-state index in [0.717, 1.165) is 48.7 Å². The molecule has 0 bridgehead atoms. The van der Waals surface area contributed by atoms with Crippen LogP contribution in [0.15, 0.2) is 58.1 Å². The first-order valence-corrected chi connectivity index (χ1v) is 9.89. The normalized spacial score (nSPS) is 16.7. The molecule has 2 aromatic rings. The second-order valence-corrected chi connectivity index (χ2v) is 7.44. The highest BCUT2D eigenvalue weighted by atomic mass is 127. The lowest BCUT2D eigenvalue weighted by molar-refractivity contribution is 0.565. The Labute approximate surface area is 187 Å². The Morgan fingerprint density at radius 3 is 2.74 bits per heavy atom. The van der Waals surface area contributed by atoms with Crippen LogP contribution in [0.5, 0.6) is 0 Å². The molecular formula is C20H27BrIN5. The van der Waals surface area contributed by atoms with Gasteiger partial charge in [-0.1, -0.05) is 22.0 Å². The second-order valence-electron chi connectivity index (χ2n) is 6.53. The quantitative estimate of drug-likeness (QED) is 0.331. The number of aromatic nitrogens is 1. The first-order chi connectivity index (χ1) is 12.7. The molecule has 1 aliphatic rings. The molecule has 1 unspecified atom stereocenters. The zero-order valence-corrected chi connectivity index (χ0v) is 19.5. The van der Waals surface area contributed by atoms with E-state index in [-0.39, 0.29) is 24.0 Å². The van der Waals surface area contributed by atoms with E-state index in [1.54, 1.807) is 0 Å². The molecular weight excluding hydrogens is 517 g/mol. The number of guanidine groups is 1. The Balaban J connectivity index is 0.00000261. The van der Waals surface area contributed by atoms with Crippen molar-refractivity contribution in [2.24, 2.45) is 10.9 Å². The highest BCUT2D eigenvalue weighted by molar-refractivity contribution is 14.0. The third-order valence-corrected chi connectivity index (χ3v) is 5.19. The summed E-state index contributed by atoms with van der Waals surface area (Å²) in [6.45, 7) is 3.96. The van der Waals surface area contributed by atoms with Crippen LogP contribution in [0, 0.1) is 5.92 Å². The SMILES string of the molecule is CN=C(NCCc1ccccn1)NCC1CCN(c2ccc(Br)cc2)C1.I. The van der Waals surface area contributed by atoms with Crippen molar-refractivity contribution in [3.05, 3.63) is 58.8 Å². The van der Waals surface area contributed by atoms with Gasteiger partial charge in [-0.25, -0.2) is 0 Å². The van der Waals surface area contributed by atoms with Gasteiger partial charge in [-0.2, -0.15) is 0 Å². The van der Waals surface area contributed by atoms with Crippen LogP contribution in [-0.2, 0) is 6.42 Å². The number of hydrogen-bond acceptors (Lipinski definition) is 3. The molecule has 1 saturated heterocycles. The molecule has 2 N–H and O–H groups in total. The van der Waals surface area contributed by atoms with Crippen molar-refractivity contribution in [2.45, 2.75) is 12.8 Å². The fraction of sp³-hybridized carbons (Fsp3) is 0.400. The van der Waals surface area contributed by atoms with Crippen molar-refractivity contribution in [3.8, 4) is 0 Å². The lowest BCUT2D eigenvalue weighted by Crippen LogP contribution is -2.41. The molecule has 1 aliphatic heterocycles. The number of nitrogens with zero attached hydrogens (tertiary/aromatic N) is 3. The first-order valence-electron chi connectivity index (χ1n) is 9.09. The number of aliphatic imine (C=N–C) groups is 1. The van der Waals surface area contributed by atoms with E-state index in [1.807, 2.05) is 31.4 Å². The predicted molar refractivity (Wildman–Crippen MR) is 127 cm³/mol. The summed E-state index contributed by atoms with van der Waals surface area (Å²) in [6.07, 6.45) is 3.93. The average molecular weight is 544 g/mol. The molecule has 0 spiro atoms. The van der Waals surface area contributed by atoms with Crippen LogP contribution in [0.25, 0.3) is 0 Å². The maximum atomic E-state index is 4.34. The summed E-state index contributed by atoms with van der Waals surface area (Å²) >= 11 is 3.50. The predicted octanol–water partition coefficient (Wildman–Crippen LogP) is 3.70. The summed E-state index contributed by atoms with van der Waals surface area (Å²) in [6, 6.07) is 14.6. The second kappa shape index (κ2) is 11.5. The fourth-order valence-electron chi connectivity index (χ4n) is 3.20. The van der Waals surface area contributed by atoms with Crippen LogP contribution < -0.4 is 15.5 Å². The van der Waals surface area contributed by atoms with Crippen LogP contribution in [0.3, 0.4) is 0 Å². The molecule has 1 aromatic heterocycles. The number of anilines is 1. The molecule has 0 aliphatic carbocycles. The zero-order chi connectivity index (χ0) is 18.2. The van der Waals surface area contributed by atoms with E-state index in [0.29, 0.717) is 5.92 Å². The lowest BCUT2D eigenvalue weighted by atomic mass is 10.1. The molecule has 3 rings (SSSR count). The van der Waals surface area contributed by atoms with E-state index >= 15 is 0 Å². The smallest absolute Gasteiger partial charge is 0.190 e. The fourth-order valence-corrected chi connectivity index (χ4v) is 3.47. The maximum Gasteiger partial charge on any atom is 0.190 e. The van der Waals surface area contributed by atoms with Gasteiger partial charge in [0.2, 0.25) is 0 Å². The number of rotatable bonds is 6. The third kappa shape index (κ3) is 6.95. The number of hydrogen-bond donors (Lipinski definition) is 2. The van der Waals surface area contributed by atoms with Gasteiger partial charge in [0, 0.05) is 61.7 Å². The molecule has 27 heavy (non-hydrogen) atoms. The van der Waals surface area contributed by atoms with Crippen LogP contribution in [-0.4, -0.2) is 44.2 Å². The largest absolute Gasteiger partial charge is 0.371 e. The molecule has 0 saturated carbocycles. The van der Waals surface area contributed by atoms with Crippen molar-refractivity contribution < 1.29 is 0 Å². The van der Waals surface area contributed by atoms with Gasteiger partial charge in [-0.05, 0) is 48.7 Å². The topological polar surface area (TPSA) is 52.6 Å². The van der Waals surface area contributed by atoms with Gasteiger partial charge in [0.25, 0.3) is 0 Å². The van der Waals surface area contributed by atoms with Gasteiger partial charge < -0.3 is 15.5 Å². The molecule has 7 heteroatoms. The zero-order valence-electron chi connectivity index (χ0n) is 15.6. The third-order valence-electron chi connectivity index (χ3n) is 4.66. The van der Waals surface area contributed by atoms with Gasteiger partial charge in [-0.3, -0.25) is 9.98 Å². The first kappa shape index (κ1) is 21.9. The molecule has 2 heterocycles. The van der Waals surface area contributed by atoms with Crippen LogP contribution in [0.1, 0.15) is 12.1 Å². The maximum absolute atomic E-state index is 4.34. The highest BCUT2D eigenvalue weighted by Gasteiger charge is 2.22. The summed E-state index contributed by atoms with van der Waals surface area (Å²) in [5.74, 6) is 1.50. The Bertz CT molecular complexity index is 708. The van der Waals surface area contributed by atoms with Gasteiger partial charge in [-0.15, -0.1) is 24.0 Å². The van der Waals surface area contributed by atoms with Crippen molar-refractivity contribution in [1.29, 1.82) is 0 Å². The van der Waals surface area contributed by atoms with E-state index in [4.69, 9.17) is 0 Å². The minimum absolute atomic E-state index is 0. The highest BCUT2D eigenvalue weighted by Crippen LogP contribution is 2.24. The molecule has 0 amide bonds. The van der Waals surface area contributed by atoms with Gasteiger partial charge >= 0.3 is 0 Å². The van der Waals surface area contributed by atoms with E-state index in [2.05, 4.69) is 65.7 Å².